The summed E-state index contributed by atoms with van der Waals surface area (Å²) in [5.74, 6) is -1.08. The molecule has 0 bridgehead atoms. The number of pyridine rings is 1. The van der Waals surface area contributed by atoms with Crippen LogP contribution in [0.5, 0.6) is 0 Å². The number of nitrogens with one attached hydrogen (secondary N) is 2. The van der Waals surface area contributed by atoms with Gasteiger partial charge in [-0.1, -0.05) is 24.8 Å². The third-order valence-electron chi connectivity index (χ3n) is 4.13. The topological polar surface area (TPSA) is 104 Å². The van der Waals surface area contributed by atoms with Crippen LogP contribution in [0.3, 0.4) is 0 Å². The number of nitriles is 1. The van der Waals surface area contributed by atoms with Gasteiger partial charge in [-0.3, -0.25) is 9.78 Å². The molecule has 28 heavy (non-hydrogen) atoms. The van der Waals surface area contributed by atoms with Crippen molar-refractivity contribution in [2.24, 2.45) is 0 Å². The molecule has 3 rings (SSSR count). The second-order valence-corrected chi connectivity index (χ2v) is 6.13. The van der Waals surface area contributed by atoms with Crippen LogP contribution in [0.15, 0.2) is 60.5 Å². The molecule has 2 heterocycles. The highest BCUT2D eigenvalue weighted by Crippen LogP contribution is 2.40. The number of nitrogens with zero attached hydrogens (tertiary/aromatic N) is 2. The van der Waals surface area contributed by atoms with Crippen molar-refractivity contribution >= 4 is 23.3 Å². The van der Waals surface area contributed by atoms with E-state index in [4.69, 9.17) is 4.74 Å². The molecule has 1 aliphatic rings. The summed E-state index contributed by atoms with van der Waals surface area (Å²) in [7, 11) is 0. The number of anilines is 1. The largest absolute Gasteiger partial charge is 0.460 e. The van der Waals surface area contributed by atoms with Gasteiger partial charge in [-0.05, 0) is 19.1 Å². The minimum atomic E-state index is -0.557. The summed E-state index contributed by atoms with van der Waals surface area (Å²) < 4.78 is 4.94. The first-order valence-electron chi connectivity index (χ1n) is 8.59. The van der Waals surface area contributed by atoms with Crippen LogP contribution in [0.1, 0.15) is 12.5 Å². The molecule has 140 valence electrons. The second-order valence-electron chi connectivity index (χ2n) is 6.13. The standard InChI is InChI=1S/C21H18N4O3/c1-13(2)21(27)28-10-9-24-20(26)16(11-22)19-15-7-8-23-12-17(15)14-5-3-4-6-18(14)25-19/h3-8,12,25H,1,9-10H2,2H3,(H,24,26)/b19-16+. The van der Waals surface area contributed by atoms with Gasteiger partial charge in [0.1, 0.15) is 18.2 Å². The zero-order valence-electron chi connectivity index (χ0n) is 15.3. The number of hydrogen-bond donors (Lipinski definition) is 2. The van der Waals surface area contributed by atoms with Crippen LogP contribution in [0.2, 0.25) is 0 Å². The molecule has 2 N–H and O–H groups in total. The lowest BCUT2D eigenvalue weighted by Gasteiger charge is -2.24. The van der Waals surface area contributed by atoms with Crippen molar-refractivity contribution in [2.75, 3.05) is 18.5 Å². The van der Waals surface area contributed by atoms with Crippen LogP contribution in [-0.2, 0) is 14.3 Å². The molecule has 0 fully saturated rings. The number of benzene rings is 1. The van der Waals surface area contributed by atoms with E-state index in [1.54, 1.807) is 18.5 Å². The van der Waals surface area contributed by atoms with Gasteiger partial charge in [0.2, 0.25) is 0 Å². The molecule has 2 aromatic rings. The predicted octanol–water partition coefficient (Wildman–Crippen LogP) is 2.64. The first-order valence-corrected chi connectivity index (χ1v) is 8.59. The lowest BCUT2D eigenvalue weighted by molar-refractivity contribution is -0.139. The minimum absolute atomic E-state index is 0.0117. The summed E-state index contributed by atoms with van der Waals surface area (Å²) in [5, 5.41) is 15.4. The SMILES string of the molecule is C=C(C)C(=O)OCCNC(=O)/C(C#N)=C1/Nc2ccccc2-c2cnccc21. The van der Waals surface area contributed by atoms with E-state index in [0.717, 1.165) is 16.8 Å². The molecule has 1 aromatic heterocycles. The van der Waals surface area contributed by atoms with Crippen LogP contribution in [-0.4, -0.2) is 30.0 Å². The quantitative estimate of drug-likeness (QED) is 0.361. The van der Waals surface area contributed by atoms with E-state index < -0.39 is 11.9 Å². The molecule has 1 aliphatic heterocycles. The van der Waals surface area contributed by atoms with Crippen molar-refractivity contribution in [1.29, 1.82) is 5.26 Å². The smallest absolute Gasteiger partial charge is 0.333 e. The molecule has 0 atom stereocenters. The first kappa shape index (κ1) is 18.9. The van der Waals surface area contributed by atoms with Crippen molar-refractivity contribution in [1.82, 2.24) is 10.3 Å². The Balaban J connectivity index is 1.85. The highest BCUT2D eigenvalue weighted by molar-refractivity contribution is 6.10. The highest BCUT2D eigenvalue weighted by Gasteiger charge is 2.25. The zero-order valence-corrected chi connectivity index (χ0v) is 15.3. The fourth-order valence-electron chi connectivity index (χ4n) is 2.79. The van der Waals surface area contributed by atoms with Crippen molar-refractivity contribution < 1.29 is 14.3 Å². The van der Waals surface area contributed by atoms with E-state index in [1.165, 1.54) is 6.92 Å². The van der Waals surface area contributed by atoms with E-state index in [-0.39, 0.29) is 24.3 Å². The van der Waals surface area contributed by atoms with Crippen LogP contribution >= 0.6 is 0 Å². The molecule has 1 aromatic carbocycles. The number of amides is 1. The zero-order chi connectivity index (χ0) is 20.1. The lowest BCUT2D eigenvalue weighted by atomic mass is 9.92. The summed E-state index contributed by atoms with van der Waals surface area (Å²) in [6.45, 7) is 5.09. The van der Waals surface area contributed by atoms with Gasteiger partial charge in [0, 0.05) is 40.3 Å². The van der Waals surface area contributed by atoms with Gasteiger partial charge in [0.05, 0.1) is 12.2 Å². The van der Waals surface area contributed by atoms with Gasteiger partial charge >= 0.3 is 5.97 Å². The van der Waals surface area contributed by atoms with E-state index >= 15 is 0 Å². The number of carbonyl (C=O) groups is 2. The summed E-state index contributed by atoms with van der Waals surface area (Å²) in [4.78, 5) is 28.1. The average molecular weight is 374 g/mol. The summed E-state index contributed by atoms with van der Waals surface area (Å²) in [5.41, 5.74) is 3.91. The van der Waals surface area contributed by atoms with Crippen molar-refractivity contribution in [3.63, 3.8) is 0 Å². The fourth-order valence-corrected chi connectivity index (χ4v) is 2.79. The number of aromatic nitrogens is 1. The Morgan fingerprint density at radius 3 is 2.79 bits per heavy atom. The number of rotatable bonds is 5. The molecule has 0 saturated heterocycles. The molecular weight excluding hydrogens is 356 g/mol. The number of hydrogen-bond acceptors (Lipinski definition) is 6. The number of carbonyl (C=O) groups excluding carboxylic acids is 2. The maximum Gasteiger partial charge on any atom is 0.333 e. The third-order valence-corrected chi connectivity index (χ3v) is 4.13. The fraction of sp³-hybridized carbons (Fsp3) is 0.143. The van der Waals surface area contributed by atoms with Gasteiger partial charge in [-0.25, -0.2) is 4.79 Å². The second kappa shape index (κ2) is 8.18. The van der Waals surface area contributed by atoms with E-state index in [1.807, 2.05) is 30.3 Å². The summed E-state index contributed by atoms with van der Waals surface area (Å²) >= 11 is 0. The van der Waals surface area contributed by atoms with Crippen LogP contribution < -0.4 is 10.6 Å². The number of ether oxygens (including phenoxy) is 1. The Hall–Kier alpha value is -3.92. The maximum absolute atomic E-state index is 12.6. The monoisotopic (exact) mass is 374 g/mol. The minimum Gasteiger partial charge on any atom is -0.460 e. The highest BCUT2D eigenvalue weighted by atomic mass is 16.5. The molecule has 7 heteroatoms. The molecule has 1 amide bonds. The predicted molar refractivity (Wildman–Crippen MR) is 105 cm³/mol. The molecule has 0 spiro atoms. The van der Waals surface area contributed by atoms with Gasteiger partial charge in [0.25, 0.3) is 5.91 Å². The van der Waals surface area contributed by atoms with E-state index in [2.05, 4.69) is 22.2 Å². The Morgan fingerprint density at radius 2 is 2.04 bits per heavy atom. The number of fused-ring (bicyclic) bond motifs is 3. The van der Waals surface area contributed by atoms with Crippen molar-refractivity contribution in [3.05, 3.63) is 66.0 Å². The summed E-state index contributed by atoms with van der Waals surface area (Å²) in [6, 6.07) is 11.3. The van der Waals surface area contributed by atoms with Crippen molar-refractivity contribution in [3.8, 4) is 17.2 Å². The number of para-hydroxylation sites is 1. The van der Waals surface area contributed by atoms with E-state index in [9.17, 15) is 14.9 Å². The molecule has 0 radical (unpaired) electrons. The van der Waals surface area contributed by atoms with Gasteiger partial charge < -0.3 is 15.4 Å². The Kier molecular flexibility index (Phi) is 5.51. The van der Waals surface area contributed by atoms with Crippen LogP contribution in [0.4, 0.5) is 5.69 Å². The van der Waals surface area contributed by atoms with E-state index in [0.29, 0.717) is 11.3 Å². The van der Waals surface area contributed by atoms with Gasteiger partial charge in [0.15, 0.2) is 0 Å². The Labute approximate surface area is 162 Å². The van der Waals surface area contributed by atoms with Crippen molar-refractivity contribution in [2.45, 2.75) is 6.92 Å². The normalized spacial score (nSPS) is 13.1. The first-order chi connectivity index (χ1) is 13.5. The average Bonchev–Trinajstić information content (AvgIpc) is 2.71. The summed E-state index contributed by atoms with van der Waals surface area (Å²) in [6.07, 6.45) is 3.32. The molecular formula is C21H18N4O3. The molecule has 0 aliphatic carbocycles. The Morgan fingerprint density at radius 1 is 1.25 bits per heavy atom. The van der Waals surface area contributed by atoms with Crippen LogP contribution in [0.25, 0.3) is 16.8 Å². The molecule has 0 unspecified atom stereocenters. The lowest BCUT2D eigenvalue weighted by Crippen LogP contribution is -2.30. The number of esters is 1. The Bertz CT molecular complexity index is 1030. The van der Waals surface area contributed by atoms with Gasteiger partial charge in [-0.15, -0.1) is 0 Å². The van der Waals surface area contributed by atoms with Crippen LogP contribution in [0, 0.1) is 11.3 Å². The van der Waals surface area contributed by atoms with Gasteiger partial charge in [-0.2, -0.15) is 5.26 Å². The maximum atomic E-state index is 12.6. The third kappa shape index (κ3) is 3.76. The molecule has 7 nitrogen and oxygen atoms in total. The molecule has 0 saturated carbocycles.